The largest absolute Gasteiger partial charge is 0.347 e. The van der Waals surface area contributed by atoms with Crippen LogP contribution in [0.1, 0.15) is 0 Å². The van der Waals surface area contributed by atoms with Crippen LogP contribution in [0.15, 0.2) is 22.7 Å². The van der Waals surface area contributed by atoms with Gasteiger partial charge in [-0.05, 0) is 18.2 Å². The molecule has 1 aromatic carbocycles. The summed E-state index contributed by atoms with van der Waals surface area (Å²) in [5, 5.41) is 2.79. The summed E-state index contributed by atoms with van der Waals surface area (Å²) in [5.41, 5.74) is 2.59. The van der Waals surface area contributed by atoms with Gasteiger partial charge in [-0.1, -0.05) is 15.9 Å². The number of hydrazine groups is 1. The fourth-order valence-electron chi connectivity index (χ4n) is 1.40. The van der Waals surface area contributed by atoms with Crippen molar-refractivity contribution in [3.63, 3.8) is 0 Å². The van der Waals surface area contributed by atoms with Crippen molar-refractivity contribution in [1.29, 1.82) is 0 Å². The lowest BCUT2D eigenvalue weighted by Gasteiger charge is -2.13. The predicted molar refractivity (Wildman–Crippen MR) is 79.3 cm³/mol. The molecular formula is C11H13BrFN7. The van der Waals surface area contributed by atoms with Crippen LogP contribution in [-0.2, 0) is 0 Å². The number of hydrogen-bond acceptors (Lipinski definition) is 7. The molecular weight excluding hydrogens is 329 g/mol. The molecule has 1 heterocycles. The van der Waals surface area contributed by atoms with E-state index in [1.54, 1.807) is 31.1 Å². The zero-order chi connectivity index (χ0) is 14.7. The zero-order valence-electron chi connectivity index (χ0n) is 10.9. The molecule has 0 atom stereocenters. The molecule has 0 fully saturated rings. The van der Waals surface area contributed by atoms with Crippen molar-refractivity contribution in [2.24, 2.45) is 5.84 Å². The van der Waals surface area contributed by atoms with Crippen LogP contribution >= 0.6 is 15.9 Å². The van der Waals surface area contributed by atoms with Crippen molar-refractivity contribution in [2.75, 3.05) is 29.7 Å². The topological polar surface area (TPSA) is 92.0 Å². The van der Waals surface area contributed by atoms with E-state index in [9.17, 15) is 4.39 Å². The number of nitrogens with two attached hydrogens (primary N) is 1. The summed E-state index contributed by atoms with van der Waals surface area (Å²) in [6, 6.07) is 4.53. The second-order valence-electron chi connectivity index (χ2n) is 4.07. The number of nitrogens with one attached hydrogen (secondary N) is 2. The Morgan fingerprint density at radius 1 is 1.20 bits per heavy atom. The molecule has 1 aromatic heterocycles. The Balaban J connectivity index is 2.37. The SMILES string of the molecule is CN(C)c1nc(NN)nc(Nc2cc(Br)ccc2F)n1. The fraction of sp³-hybridized carbons (Fsp3) is 0.182. The summed E-state index contributed by atoms with van der Waals surface area (Å²) >= 11 is 3.28. The van der Waals surface area contributed by atoms with Crippen LogP contribution in [0, 0.1) is 5.82 Å². The zero-order valence-corrected chi connectivity index (χ0v) is 12.4. The summed E-state index contributed by atoms with van der Waals surface area (Å²) in [7, 11) is 3.55. The molecule has 2 rings (SSSR count). The maximum Gasteiger partial charge on any atom is 0.243 e. The van der Waals surface area contributed by atoms with Gasteiger partial charge in [0.2, 0.25) is 17.8 Å². The van der Waals surface area contributed by atoms with Crippen LogP contribution in [0.5, 0.6) is 0 Å². The van der Waals surface area contributed by atoms with Crippen LogP contribution in [0.2, 0.25) is 0 Å². The van der Waals surface area contributed by atoms with Gasteiger partial charge in [0.1, 0.15) is 5.82 Å². The molecule has 0 bridgehead atoms. The number of halogens is 2. The predicted octanol–water partition coefficient (Wildman–Crippen LogP) is 1.87. The molecule has 0 aliphatic rings. The van der Waals surface area contributed by atoms with Gasteiger partial charge in [-0.15, -0.1) is 0 Å². The van der Waals surface area contributed by atoms with Crippen molar-refractivity contribution in [3.05, 3.63) is 28.5 Å². The fourth-order valence-corrected chi connectivity index (χ4v) is 1.76. The minimum absolute atomic E-state index is 0.182. The third-order valence-corrected chi connectivity index (χ3v) is 2.82. The molecule has 0 aliphatic carbocycles. The Kier molecular flexibility index (Phi) is 4.30. The van der Waals surface area contributed by atoms with Crippen LogP contribution in [-0.4, -0.2) is 29.0 Å². The number of benzene rings is 1. The molecule has 2 aromatic rings. The Bertz CT molecular complexity index is 620. The third-order valence-electron chi connectivity index (χ3n) is 2.33. The lowest BCUT2D eigenvalue weighted by Crippen LogP contribution is -2.18. The maximum atomic E-state index is 13.7. The highest BCUT2D eigenvalue weighted by Crippen LogP contribution is 2.23. The Morgan fingerprint density at radius 2 is 1.90 bits per heavy atom. The molecule has 0 saturated heterocycles. The van der Waals surface area contributed by atoms with Gasteiger partial charge in [-0.3, -0.25) is 5.43 Å². The first-order chi connectivity index (χ1) is 9.49. The number of nitrogen functional groups attached to an aromatic ring is 1. The van der Waals surface area contributed by atoms with E-state index in [-0.39, 0.29) is 17.6 Å². The molecule has 0 amide bonds. The second-order valence-corrected chi connectivity index (χ2v) is 4.99. The molecule has 7 nitrogen and oxygen atoms in total. The monoisotopic (exact) mass is 341 g/mol. The summed E-state index contributed by atoms with van der Waals surface area (Å²) < 4.78 is 14.4. The number of nitrogens with zero attached hydrogens (tertiary/aromatic N) is 4. The molecule has 9 heteroatoms. The second kappa shape index (κ2) is 5.97. The number of rotatable bonds is 4. The van der Waals surface area contributed by atoms with Gasteiger partial charge in [0.05, 0.1) is 5.69 Å². The van der Waals surface area contributed by atoms with Crippen molar-refractivity contribution in [1.82, 2.24) is 15.0 Å². The van der Waals surface area contributed by atoms with Crippen molar-refractivity contribution in [2.45, 2.75) is 0 Å². The lowest BCUT2D eigenvalue weighted by atomic mass is 10.3. The van der Waals surface area contributed by atoms with Crippen LogP contribution in [0.25, 0.3) is 0 Å². The van der Waals surface area contributed by atoms with Gasteiger partial charge in [-0.25, -0.2) is 10.2 Å². The molecule has 4 N–H and O–H groups in total. The highest BCUT2D eigenvalue weighted by molar-refractivity contribution is 9.10. The average Bonchev–Trinajstić information content (AvgIpc) is 2.42. The van der Waals surface area contributed by atoms with E-state index in [4.69, 9.17) is 5.84 Å². The van der Waals surface area contributed by atoms with Crippen LogP contribution < -0.4 is 21.5 Å². The van der Waals surface area contributed by atoms with Crippen molar-refractivity contribution in [3.8, 4) is 0 Å². The summed E-state index contributed by atoms with van der Waals surface area (Å²) in [5.74, 6) is 5.65. The number of aromatic nitrogens is 3. The first-order valence-corrected chi connectivity index (χ1v) is 6.41. The van der Waals surface area contributed by atoms with Gasteiger partial charge in [0.15, 0.2) is 0 Å². The summed E-state index contributed by atoms with van der Waals surface area (Å²) in [6.07, 6.45) is 0. The van der Waals surface area contributed by atoms with Gasteiger partial charge in [-0.2, -0.15) is 15.0 Å². The first kappa shape index (κ1) is 14.4. The van der Waals surface area contributed by atoms with Gasteiger partial charge < -0.3 is 10.2 Å². The highest BCUT2D eigenvalue weighted by atomic mass is 79.9. The summed E-state index contributed by atoms with van der Waals surface area (Å²) in [6.45, 7) is 0. The van der Waals surface area contributed by atoms with E-state index >= 15 is 0 Å². The molecule has 0 unspecified atom stereocenters. The van der Waals surface area contributed by atoms with Crippen molar-refractivity contribution < 1.29 is 4.39 Å². The van der Waals surface area contributed by atoms with E-state index in [1.807, 2.05) is 0 Å². The van der Waals surface area contributed by atoms with Crippen LogP contribution in [0.3, 0.4) is 0 Å². The highest BCUT2D eigenvalue weighted by Gasteiger charge is 2.10. The molecule has 20 heavy (non-hydrogen) atoms. The molecule has 0 spiro atoms. The lowest BCUT2D eigenvalue weighted by molar-refractivity contribution is 0.631. The molecule has 0 radical (unpaired) electrons. The maximum absolute atomic E-state index is 13.7. The van der Waals surface area contributed by atoms with E-state index < -0.39 is 5.82 Å². The molecule has 106 valence electrons. The van der Waals surface area contributed by atoms with E-state index in [0.29, 0.717) is 5.95 Å². The number of anilines is 4. The van der Waals surface area contributed by atoms with Crippen LogP contribution in [0.4, 0.5) is 27.9 Å². The smallest absolute Gasteiger partial charge is 0.243 e. The van der Waals surface area contributed by atoms with E-state index in [2.05, 4.69) is 41.6 Å². The molecule has 0 saturated carbocycles. The van der Waals surface area contributed by atoms with Gasteiger partial charge >= 0.3 is 0 Å². The Labute approximate surface area is 123 Å². The average molecular weight is 342 g/mol. The van der Waals surface area contributed by atoms with Gasteiger partial charge in [0.25, 0.3) is 0 Å². The minimum Gasteiger partial charge on any atom is -0.347 e. The minimum atomic E-state index is -0.415. The first-order valence-electron chi connectivity index (χ1n) is 5.61. The Morgan fingerprint density at radius 3 is 2.55 bits per heavy atom. The quantitative estimate of drug-likeness (QED) is 0.577. The standard InChI is InChI=1S/C11H13BrFN7/c1-20(2)11-17-9(16-10(18-11)19-14)15-8-5-6(12)3-4-7(8)13/h3-5H,14H2,1-2H3,(H2,15,16,17,18,19). The molecule has 0 aliphatic heterocycles. The van der Waals surface area contributed by atoms with E-state index in [1.165, 1.54) is 6.07 Å². The summed E-state index contributed by atoms with van der Waals surface area (Å²) in [4.78, 5) is 13.9. The van der Waals surface area contributed by atoms with E-state index in [0.717, 1.165) is 4.47 Å². The van der Waals surface area contributed by atoms with Crippen molar-refractivity contribution >= 4 is 39.5 Å². The number of hydrogen-bond donors (Lipinski definition) is 3. The van der Waals surface area contributed by atoms with Gasteiger partial charge in [0, 0.05) is 18.6 Å². The normalized spacial score (nSPS) is 10.2. The Hall–Kier alpha value is -2.00. The third kappa shape index (κ3) is 3.31.